The Kier molecular flexibility index (Phi) is 8.02. The van der Waals surface area contributed by atoms with Crippen LogP contribution in [0.5, 0.6) is 11.5 Å². The largest absolute Gasteiger partial charge is 0.490 e. The molecular formula is C25H24N2O6. The first kappa shape index (κ1) is 23.3. The number of carbonyl (C=O) groups is 3. The van der Waals surface area contributed by atoms with E-state index in [1.165, 1.54) is 31.2 Å². The van der Waals surface area contributed by atoms with Gasteiger partial charge in [0, 0.05) is 11.3 Å². The first-order valence-electron chi connectivity index (χ1n) is 10.3. The van der Waals surface area contributed by atoms with Crippen LogP contribution in [0.2, 0.25) is 0 Å². The van der Waals surface area contributed by atoms with E-state index in [4.69, 9.17) is 19.9 Å². The second-order valence-corrected chi connectivity index (χ2v) is 6.98. The van der Waals surface area contributed by atoms with Crippen molar-refractivity contribution < 1.29 is 28.6 Å². The molecule has 3 rings (SSSR count). The number of nitrogens with one attached hydrogen (secondary N) is 1. The number of rotatable bonds is 10. The number of carbonyl (C=O) groups excluding carboxylic acids is 3. The SMILES string of the molecule is C[C@@H](OC(=O)c1ccccc1OCCOc1ccccc1)C(=O)Nc1ccc(C(N)=O)cc1. The molecule has 0 aliphatic carbocycles. The molecule has 0 aliphatic rings. The number of benzene rings is 3. The van der Waals surface area contributed by atoms with Crippen LogP contribution in [0.25, 0.3) is 0 Å². The number of amides is 2. The predicted molar refractivity (Wildman–Crippen MR) is 122 cm³/mol. The molecule has 1 atom stereocenters. The molecule has 0 heterocycles. The summed E-state index contributed by atoms with van der Waals surface area (Å²) < 4.78 is 16.6. The van der Waals surface area contributed by atoms with E-state index in [-0.39, 0.29) is 12.2 Å². The molecule has 3 aromatic rings. The molecule has 0 bridgehead atoms. The van der Waals surface area contributed by atoms with Crippen LogP contribution in [0.3, 0.4) is 0 Å². The molecule has 0 fully saturated rings. The summed E-state index contributed by atoms with van der Waals surface area (Å²) in [6.45, 7) is 1.97. The lowest BCUT2D eigenvalue weighted by atomic mass is 10.2. The maximum absolute atomic E-state index is 12.6. The van der Waals surface area contributed by atoms with Crippen molar-refractivity contribution in [3.8, 4) is 11.5 Å². The number of hydrogen-bond acceptors (Lipinski definition) is 6. The summed E-state index contributed by atoms with van der Waals surface area (Å²) in [5, 5.41) is 2.62. The van der Waals surface area contributed by atoms with Crippen LogP contribution in [0.1, 0.15) is 27.6 Å². The fourth-order valence-electron chi connectivity index (χ4n) is 2.83. The van der Waals surface area contributed by atoms with Gasteiger partial charge in [-0.25, -0.2) is 4.79 Å². The molecule has 8 heteroatoms. The van der Waals surface area contributed by atoms with Gasteiger partial charge in [0.2, 0.25) is 5.91 Å². The average molecular weight is 448 g/mol. The van der Waals surface area contributed by atoms with E-state index in [2.05, 4.69) is 5.32 Å². The van der Waals surface area contributed by atoms with Gasteiger partial charge < -0.3 is 25.3 Å². The highest BCUT2D eigenvalue weighted by atomic mass is 16.6. The van der Waals surface area contributed by atoms with Gasteiger partial charge in [-0.1, -0.05) is 30.3 Å². The molecule has 3 N–H and O–H groups in total. The maximum Gasteiger partial charge on any atom is 0.342 e. The van der Waals surface area contributed by atoms with Gasteiger partial charge in [0.25, 0.3) is 5.91 Å². The minimum absolute atomic E-state index is 0.197. The maximum atomic E-state index is 12.6. The predicted octanol–water partition coefficient (Wildman–Crippen LogP) is 3.43. The molecule has 0 spiro atoms. The Morgan fingerprint density at radius 1 is 0.848 bits per heavy atom. The van der Waals surface area contributed by atoms with E-state index in [9.17, 15) is 14.4 Å². The highest BCUT2D eigenvalue weighted by Gasteiger charge is 2.21. The van der Waals surface area contributed by atoms with Crippen LogP contribution in [0, 0.1) is 0 Å². The monoisotopic (exact) mass is 448 g/mol. The van der Waals surface area contributed by atoms with Crippen molar-refractivity contribution in [2.75, 3.05) is 18.5 Å². The first-order valence-corrected chi connectivity index (χ1v) is 10.3. The fraction of sp³-hybridized carbons (Fsp3) is 0.160. The van der Waals surface area contributed by atoms with Gasteiger partial charge in [-0.3, -0.25) is 9.59 Å². The van der Waals surface area contributed by atoms with Crippen LogP contribution >= 0.6 is 0 Å². The summed E-state index contributed by atoms with van der Waals surface area (Å²) in [4.78, 5) is 36.2. The molecule has 0 radical (unpaired) electrons. The van der Waals surface area contributed by atoms with Crippen molar-refractivity contribution in [2.45, 2.75) is 13.0 Å². The van der Waals surface area contributed by atoms with Crippen molar-refractivity contribution in [3.63, 3.8) is 0 Å². The summed E-state index contributed by atoms with van der Waals surface area (Å²) in [6, 6.07) is 22.0. The lowest BCUT2D eigenvalue weighted by molar-refractivity contribution is -0.123. The van der Waals surface area contributed by atoms with Gasteiger partial charge in [-0.2, -0.15) is 0 Å². The molecule has 0 aliphatic heterocycles. The van der Waals surface area contributed by atoms with E-state index in [0.29, 0.717) is 23.6 Å². The van der Waals surface area contributed by atoms with Gasteiger partial charge in [-0.05, 0) is 55.5 Å². The summed E-state index contributed by atoms with van der Waals surface area (Å²) in [7, 11) is 0. The Bertz CT molecular complexity index is 1100. The second-order valence-electron chi connectivity index (χ2n) is 6.98. The van der Waals surface area contributed by atoms with E-state index in [1.54, 1.807) is 24.3 Å². The molecule has 0 saturated carbocycles. The Balaban J connectivity index is 1.53. The van der Waals surface area contributed by atoms with Crippen LogP contribution in [-0.2, 0) is 9.53 Å². The number of esters is 1. The number of para-hydroxylation sites is 2. The average Bonchev–Trinajstić information content (AvgIpc) is 2.83. The zero-order valence-electron chi connectivity index (χ0n) is 18.0. The first-order chi connectivity index (χ1) is 15.9. The summed E-state index contributed by atoms with van der Waals surface area (Å²) in [5.74, 6) is -0.736. The van der Waals surface area contributed by atoms with E-state index in [1.807, 2.05) is 30.3 Å². The molecule has 0 saturated heterocycles. The van der Waals surface area contributed by atoms with Crippen molar-refractivity contribution in [3.05, 3.63) is 90.0 Å². The normalized spacial score (nSPS) is 11.2. The number of ether oxygens (including phenoxy) is 3. The quantitative estimate of drug-likeness (QED) is 0.363. The summed E-state index contributed by atoms with van der Waals surface area (Å²) in [6.07, 6.45) is -1.07. The molecule has 170 valence electrons. The Labute approximate surface area is 191 Å². The van der Waals surface area contributed by atoms with Gasteiger partial charge >= 0.3 is 5.97 Å². The smallest absolute Gasteiger partial charge is 0.342 e. The van der Waals surface area contributed by atoms with E-state index in [0.717, 1.165) is 5.75 Å². The molecule has 3 aromatic carbocycles. The highest BCUT2D eigenvalue weighted by Crippen LogP contribution is 2.20. The molecule has 8 nitrogen and oxygen atoms in total. The van der Waals surface area contributed by atoms with Crippen molar-refractivity contribution in [2.24, 2.45) is 5.73 Å². The minimum atomic E-state index is -1.07. The topological polar surface area (TPSA) is 117 Å². The van der Waals surface area contributed by atoms with Crippen molar-refractivity contribution in [1.82, 2.24) is 0 Å². The molecule has 2 amide bonds. The standard InChI is InChI=1S/C25H24N2O6/c1-17(24(29)27-19-13-11-18(12-14-19)23(26)28)33-25(30)21-9-5-6-10-22(21)32-16-15-31-20-7-3-2-4-8-20/h2-14,17H,15-16H2,1H3,(H2,26,28)(H,27,29)/t17-/m1/s1. The van der Waals surface area contributed by atoms with Crippen LogP contribution < -0.4 is 20.5 Å². The molecule has 0 unspecified atom stereocenters. The Morgan fingerprint density at radius 2 is 1.48 bits per heavy atom. The lowest BCUT2D eigenvalue weighted by Crippen LogP contribution is -2.30. The number of anilines is 1. The van der Waals surface area contributed by atoms with E-state index >= 15 is 0 Å². The van der Waals surface area contributed by atoms with Crippen LogP contribution in [0.15, 0.2) is 78.9 Å². The van der Waals surface area contributed by atoms with Crippen LogP contribution in [-0.4, -0.2) is 37.1 Å². The molecular weight excluding hydrogens is 424 g/mol. The lowest BCUT2D eigenvalue weighted by Gasteiger charge is -2.15. The zero-order valence-corrected chi connectivity index (χ0v) is 18.0. The number of primary amides is 1. The summed E-state index contributed by atoms with van der Waals surface area (Å²) in [5.41, 5.74) is 6.15. The zero-order chi connectivity index (χ0) is 23.6. The van der Waals surface area contributed by atoms with Crippen LogP contribution in [0.4, 0.5) is 5.69 Å². The molecule has 33 heavy (non-hydrogen) atoms. The van der Waals surface area contributed by atoms with Gasteiger partial charge in [-0.15, -0.1) is 0 Å². The molecule has 0 aromatic heterocycles. The summed E-state index contributed by atoms with van der Waals surface area (Å²) >= 11 is 0. The van der Waals surface area contributed by atoms with Crippen molar-refractivity contribution >= 4 is 23.5 Å². The minimum Gasteiger partial charge on any atom is -0.490 e. The Morgan fingerprint density at radius 3 is 2.18 bits per heavy atom. The third kappa shape index (κ3) is 6.83. The third-order valence-electron chi connectivity index (χ3n) is 4.55. The highest BCUT2D eigenvalue weighted by molar-refractivity contribution is 5.99. The third-order valence-corrected chi connectivity index (χ3v) is 4.55. The fourth-order valence-corrected chi connectivity index (χ4v) is 2.83. The van der Waals surface area contributed by atoms with Gasteiger partial charge in [0.1, 0.15) is 30.3 Å². The second kappa shape index (κ2) is 11.3. The van der Waals surface area contributed by atoms with Crippen molar-refractivity contribution in [1.29, 1.82) is 0 Å². The number of nitrogens with two attached hydrogens (primary N) is 1. The van der Waals surface area contributed by atoms with Gasteiger partial charge in [0.15, 0.2) is 6.10 Å². The van der Waals surface area contributed by atoms with Gasteiger partial charge in [0.05, 0.1) is 0 Å². The number of hydrogen-bond donors (Lipinski definition) is 2. The van der Waals surface area contributed by atoms with E-state index < -0.39 is 23.9 Å². The Hall–Kier alpha value is -4.33.